The molecule has 3 heterocycles. The molecule has 0 spiro atoms. The van der Waals surface area contributed by atoms with Crippen LogP contribution in [0.3, 0.4) is 0 Å². The molecule has 1 aliphatic rings. The molecule has 1 saturated heterocycles. The monoisotopic (exact) mass is 423 g/mol. The maximum absolute atomic E-state index is 12.8. The summed E-state index contributed by atoms with van der Waals surface area (Å²) in [5.41, 5.74) is 1.46. The highest BCUT2D eigenvalue weighted by Crippen LogP contribution is 2.24. The molecule has 3 amide bonds. The first-order valence-electron chi connectivity index (χ1n) is 9.65. The Morgan fingerprint density at radius 1 is 1.20 bits per heavy atom. The predicted molar refractivity (Wildman–Crippen MR) is 114 cm³/mol. The van der Waals surface area contributed by atoms with E-state index in [1.807, 2.05) is 36.0 Å². The van der Waals surface area contributed by atoms with Gasteiger partial charge in [-0.25, -0.2) is 4.98 Å². The van der Waals surface area contributed by atoms with Crippen LogP contribution < -0.4 is 10.6 Å². The molecule has 1 aliphatic heterocycles. The van der Waals surface area contributed by atoms with Crippen molar-refractivity contribution in [2.24, 2.45) is 0 Å². The minimum absolute atomic E-state index is 0.0602. The van der Waals surface area contributed by atoms with Crippen molar-refractivity contribution >= 4 is 34.7 Å². The summed E-state index contributed by atoms with van der Waals surface area (Å²) in [5, 5.41) is 6.29. The summed E-state index contributed by atoms with van der Waals surface area (Å²) in [7, 11) is 0. The fourth-order valence-electron chi connectivity index (χ4n) is 3.21. The van der Waals surface area contributed by atoms with Crippen molar-refractivity contribution in [2.75, 3.05) is 25.0 Å². The molecule has 0 radical (unpaired) electrons. The number of aromatic nitrogens is 2. The van der Waals surface area contributed by atoms with Crippen LogP contribution in [-0.2, 0) is 11.2 Å². The van der Waals surface area contributed by atoms with Gasteiger partial charge in [-0.15, -0.1) is 11.3 Å². The lowest BCUT2D eigenvalue weighted by molar-refractivity contribution is -0.123. The van der Waals surface area contributed by atoms with E-state index in [2.05, 4.69) is 15.6 Å². The number of nitrogens with zero attached hydrogens (tertiary/aromatic N) is 3. The van der Waals surface area contributed by atoms with Gasteiger partial charge in [-0.1, -0.05) is 6.92 Å². The first-order valence-corrected chi connectivity index (χ1v) is 10.5. The van der Waals surface area contributed by atoms with Crippen LogP contribution in [0.25, 0.3) is 5.13 Å². The molecule has 0 atom stereocenters. The SMILES string of the molecule is CCc1sc(-n2cccc2)nc1C(=O)Nc1ccc(C(=O)N2CCNC(=O)C2)cc1. The molecule has 1 fully saturated rings. The van der Waals surface area contributed by atoms with E-state index in [4.69, 9.17) is 0 Å². The third-order valence-electron chi connectivity index (χ3n) is 4.76. The molecular formula is C21H21N5O3S. The molecule has 0 bridgehead atoms. The highest BCUT2D eigenvalue weighted by molar-refractivity contribution is 7.14. The van der Waals surface area contributed by atoms with Crippen LogP contribution in [0.1, 0.15) is 32.6 Å². The van der Waals surface area contributed by atoms with Crippen LogP contribution in [0, 0.1) is 0 Å². The minimum Gasteiger partial charge on any atom is -0.353 e. The normalized spacial score (nSPS) is 13.8. The van der Waals surface area contributed by atoms with Crippen molar-refractivity contribution in [2.45, 2.75) is 13.3 Å². The zero-order valence-electron chi connectivity index (χ0n) is 16.4. The van der Waals surface area contributed by atoms with E-state index in [-0.39, 0.29) is 24.3 Å². The van der Waals surface area contributed by atoms with Crippen LogP contribution >= 0.6 is 11.3 Å². The van der Waals surface area contributed by atoms with Crippen LogP contribution in [0.15, 0.2) is 48.8 Å². The van der Waals surface area contributed by atoms with E-state index in [1.54, 1.807) is 24.3 Å². The molecule has 9 heteroatoms. The van der Waals surface area contributed by atoms with Gasteiger partial charge >= 0.3 is 0 Å². The highest BCUT2D eigenvalue weighted by Gasteiger charge is 2.22. The van der Waals surface area contributed by atoms with Gasteiger partial charge in [0.2, 0.25) is 5.91 Å². The maximum Gasteiger partial charge on any atom is 0.275 e. The number of carbonyl (C=O) groups excluding carboxylic acids is 3. The van der Waals surface area contributed by atoms with Crippen molar-refractivity contribution in [1.82, 2.24) is 19.8 Å². The summed E-state index contributed by atoms with van der Waals surface area (Å²) < 4.78 is 1.88. The predicted octanol–water partition coefficient (Wildman–Crippen LogP) is 2.32. The maximum atomic E-state index is 12.8. The Labute approximate surface area is 177 Å². The van der Waals surface area contributed by atoms with Gasteiger partial charge in [0.05, 0.1) is 6.54 Å². The Hall–Kier alpha value is -3.46. The van der Waals surface area contributed by atoms with Crippen molar-refractivity contribution in [3.05, 3.63) is 64.9 Å². The quantitative estimate of drug-likeness (QED) is 0.658. The second-order valence-electron chi connectivity index (χ2n) is 6.82. The van der Waals surface area contributed by atoms with Crippen LogP contribution in [-0.4, -0.2) is 51.8 Å². The van der Waals surface area contributed by atoms with Crippen molar-refractivity contribution < 1.29 is 14.4 Å². The number of piperazine rings is 1. The van der Waals surface area contributed by atoms with Gasteiger partial charge in [-0.2, -0.15) is 0 Å². The van der Waals surface area contributed by atoms with Gasteiger partial charge in [-0.3, -0.25) is 14.4 Å². The van der Waals surface area contributed by atoms with Crippen LogP contribution in [0.2, 0.25) is 0 Å². The third kappa shape index (κ3) is 4.11. The highest BCUT2D eigenvalue weighted by atomic mass is 32.1. The lowest BCUT2D eigenvalue weighted by atomic mass is 10.1. The van der Waals surface area contributed by atoms with Crippen molar-refractivity contribution in [1.29, 1.82) is 0 Å². The Kier molecular flexibility index (Phi) is 5.62. The largest absolute Gasteiger partial charge is 0.353 e. The average molecular weight is 423 g/mol. The summed E-state index contributed by atoms with van der Waals surface area (Å²) in [6.45, 7) is 2.99. The number of aryl methyl sites for hydroxylation is 1. The first-order chi connectivity index (χ1) is 14.5. The second-order valence-corrected chi connectivity index (χ2v) is 7.88. The molecule has 8 nitrogen and oxygen atoms in total. The number of hydrogen-bond donors (Lipinski definition) is 2. The summed E-state index contributed by atoms with van der Waals surface area (Å²) in [6, 6.07) is 10.5. The number of thiazole rings is 1. The fourth-order valence-corrected chi connectivity index (χ4v) is 4.17. The first kappa shape index (κ1) is 19.8. The van der Waals surface area contributed by atoms with Gasteiger partial charge in [0.1, 0.15) is 5.69 Å². The third-order valence-corrected chi connectivity index (χ3v) is 5.98. The summed E-state index contributed by atoms with van der Waals surface area (Å²) in [5.74, 6) is -0.645. The number of rotatable bonds is 5. The van der Waals surface area contributed by atoms with Crippen molar-refractivity contribution in [3.63, 3.8) is 0 Å². The second kappa shape index (κ2) is 8.50. The number of carbonyl (C=O) groups is 3. The molecule has 1 aromatic carbocycles. The van der Waals surface area contributed by atoms with Gasteiger partial charge in [-0.05, 0) is 42.8 Å². The molecule has 0 saturated carbocycles. The molecule has 4 rings (SSSR count). The zero-order chi connectivity index (χ0) is 21.1. The molecule has 154 valence electrons. The number of nitrogens with one attached hydrogen (secondary N) is 2. The van der Waals surface area contributed by atoms with E-state index in [0.717, 1.165) is 10.0 Å². The Morgan fingerprint density at radius 3 is 2.60 bits per heavy atom. The fraction of sp³-hybridized carbons (Fsp3) is 0.238. The van der Waals surface area contributed by atoms with E-state index in [0.29, 0.717) is 36.5 Å². The lowest BCUT2D eigenvalue weighted by Crippen LogP contribution is -2.49. The van der Waals surface area contributed by atoms with Gasteiger partial charge in [0, 0.05) is 41.6 Å². The van der Waals surface area contributed by atoms with E-state index in [1.165, 1.54) is 16.2 Å². The standard InChI is InChI=1S/C21H21N5O3S/c1-2-16-18(24-21(30-16)25-10-3-4-11-25)19(28)23-15-7-5-14(6-8-15)20(29)26-12-9-22-17(27)13-26/h3-8,10-11H,2,9,12-13H2,1H3,(H,22,27)(H,23,28). The molecule has 2 aromatic heterocycles. The Bertz CT molecular complexity index is 1070. The number of amides is 3. The average Bonchev–Trinajstić information content (AvgIpc) is 3.43. The van der Waals surface area contributed by atoms with E-state index >= 15 is 0 Å². The summed E-state index contributed by atoms with van der Waals surface area (Å²) in [6.07, 6.45) is 4.49. The zero-order valence-corrected chi connectivity index (χ0v) is 17.2. The summed E-state index contributed by atoms with van der Waals surface area (Å²) in [4.78, 5) is 43.7. The lowest BCUT2D eigenvalue weighted by Gasteiger charge is -2.26. The minimum atomic E-state index is -0.284. The Balaban J connectivity index is 1.46. The van der Waals surface area contributed by atoms with Gasteiger partial charge in [0.25, 0.3) is 11.8 Å². The molecule has 3 aromatic rings. The Morgan fingerprint density at radius 2 is 1.93 bits per heavy atom. The van der Waals surface area contributed by atoms with Gasteiger partial charge in [0.15, 0.2) is 5.13 Å². The topological polar surface area (TPSA) is 96.3 Å². The summed E-state index contributed by atoms with van der Waals surface area (Å²) >= 11 is 1.49. The molecule has 0 unspecified atom stereocenters. The van der Waals surface area contributed by atoms with E-state index < -0.39 is 0 Å². The number of hydrogen-bond acceptors (Lipinski definition) is 5. The van der Waals surface area contributed by atoms with Crippen LogP contribution in [0.4, 0.5) is 5.69 Å². The molecule has 0 aliphatic carbocycles. The van der Waals surface area contributed by atoms with Crippen molar-refractivity contribution in [3.8, 4) is 5.13 Å². The molecule has 30 heavy (non-hydrogen) atoms. The van der Waals surface area contributed by atoms with Crippen LogP contribution in [0.5, 0.6) is 0 Å². The number of anilines is 1. The smallest absolute Gasteiger partial charge is 0.275 e. The van der Waals surface area contributed by atoms with E-state index in [9.17, 15) is 14.4 Å². The number of benzene rings is 1. The molecular weight excluding hydrogens is 402 g/mol. The van der Waals surface area contributed by atoms with Gasteiger partial charge < -0.3 is 20.1 Å². The molecule has 2 N–H and O–H groups in total.